The summed E-state index contributed by atoms with van der Waals surface area (Å²) in [6.45, 7) is 2.95. The van der Waals surface area contributed by atoms with Crippen LogP contribution in [0.4, 0.5) is 0 Å². The number of hydrogen-bond acceptors (Lipinski definition) is 6. The number of hydrogen-bond donors (Lipinski definition) is 1. The Morgan fingerprint density at radius 2 is 2.36 bits per heavy atom. The third-order valence-electron chi connectivity index (χ3n) is 4.22. The standard InChI is InChI=1S/C15H23N3O4/c1-17(4-6-19)9-12-10-21-7-5-18(12)15(20)13-8-14(22-16-13)11-2-3-11/h8,11-12,19H,2-7,9-10H2,1H3/t12-/m0/s1. The molecule has 1 aromatic heterocycles. The molecule has 7 nitrogen and oxygen atoms in total. The molecule has 22 heavy (non-hydrogen) atoms. The number of aliphatic hydroxyl groups excluding tert-OH is 1. The van der Waals surface area contributed by atoms with E-state index in [1.54, 1.807) is 6.07 Å². The molecule has 0 aromatic carbocycles. The van der Waals surface area contributed by atoms with E-state index in [1.165, 1.54) is 0 Å². The van der Waals surface area contributed by atoms with Crippen LogP contribution in [0.15, 0.2) is 10.6 Å². The van der Waals surface area contributed by atoms with E-state index in [-0.39, 0.29) is 18.6 Å². The van der Waals surface area contributed by atoms with Gasteiger partial charge in [-0.05, 0) is 19.9 Å². The van der Waals surface area contributed by atoms with Crippen molar-refractivity contribution < 1.29 is 19.2 Å². The third-order valence-corrected chi connectivity index (χ3v) is 4.22. The number of nitrogens with zero attached hydrogens (tertiary/aromatic N) is 3. The van der Waals surface area contributed by atoms with Gasteiger partial charge in [0.2, 0.25) is 0 Å². The molecule has 0 unspecified atom stereocenters. The minimum atomic E-state index is -0.0960. The van der Waals surface area contributed by atoms with Gasteiger partial charge in [0, 0.05) is 31.6 Å². The fraction of sp³-hybridized carbons (Fsp3) is 0.733. The molecule has 1 amide bonds. The van der Waals surface area contributed by atoms with Crippen LogP contribution in [0.1, 0.15) is 35.0 Å². The van der Waals surface area contributed by atoms with Gasteiger partial charge in [-0.25, -0.2) is 0 Å². The van der Waals surface area contributed by atoms with E-state index in [0.29, 0.717) is 44.5 Å². The molecule has 0 spiro atoms. The number of rotatable bonds is 6. The van der Waals surface area contributed by atoms with Crippen LogP contribution < -0.4 is 0 Å². The summed E-state index contributed by atoms with van der Waals surface area (Å²) in [7, 11) is 1.93. The maximum absolute atomic E-state index is 12.7. The average Bonchev–Trinajstić information content (AvgIpc) is 3.25. The second-order valence-corrected chi connectivity index (χ2v) is 6.10. The van der Waals surface area contributed by atoms with Crippen molar-refractivity contribution in [3.63, 3.8) is 0 Å². The fourth-order valence-corrected chi connectivity index (χ4v) is 2.79. The number of aromatic nitrogens is 1. The van der Waals surface area contributed by atoms with Crippen LogP contribution in [-0.2, 0) is 4.74 Å². The molecule has 2 heterocycles. The van der Waals surface area contributed by atoms with Gasteiger partial charge >= 0.3 is 0 Å². The topological polar surface area (TPSA) is 79.0 Å². The van der Waals surface area contributed by atoms with Crippen LogP contribution in [0.25, 0.3) is 0 Å². The molecule has 0 radical (unpaired) electrons. The summed E-state index contributed by atoms with van der Waals surface area (Å²) in [5.41, 5.74) is 0.388. The van der Waals surface area contributed by atoms with Crippen molar-refractivity contribution in [3.8, 4) is 0 Å². The van der Waals surface area contributed by atoms with Gasteiger partial charge in [0.25, 0.3) is 5.91 Å². The number of ether oxygens (including phenoxy) is 1. The smallest absolute Gasteiger partial charge is 0.276 e. The molecule has 1 saturated carbocycles. The molecule has 2 fully saturated rings. The molecule has 3 rings (SSSR count). The molecule has 7 heteroatoms. The van der Waals surface area contributed by atoms with Crippen molar-refractivity contribution in [2.45, 2.75) is 24.8 Å². The van der Waals surface area contributed by atoms with Gasteiger partial charge in [-0.2, -0.15) is 0 Å². The lowest BCUT2D eigenvalue weighted by Crippen LogP contribution is -2.53. The minimum absolute atomic E-state index is 0.0288. The maximum atomic E-state index is 12.7. The van der Waals surface area contributed by atoms with E-state index < -0.39 is 0 Å². The third kappa shape index (κ3) is 3.48. The van der Waals surface area contributed by atoms with Crippen molar-refractivity contribution in [1.82, 2.24) is 15.0 Å². The summed E-state index contributed by atoms with van der Waals surface area (Å²) < 4.78 is 10.8. The Bertz CT molecular complexity index is 515. The first-order valence-electron chi connectivity index (χ1n) is 7.83. The van der Waals surface area contributed by atoms with Gasteiger partial charge in [0.05, 0.1) is 25.9 Å². The average molecular weight is 309 g/mol. The summed E-state index contributed by atoms with van der Waals surface area (Å²) in [6, 6.07) is 1.75. The Kier molecular flexibility index (Phi) is 4.75. The summed E-state index contributed by atoms with van der Waals surface area (Å²) in [5.74, 6) is 1.18. The zero-order chi connectivity index (χ0) is 15.5. The Balaban J connectivity index is 1.67. The predicted octanol–water partition coefficient (Wildman–Crippen LogP) is 0.317. The molecule has 1 atom stereocenters. The maximum Gasteiger partial charge on any atom is 0.276 e. The van der Waals surface area contributed by atoms with Gasteiger partial charge in [-0.3, -0.25) is 4.79 Å². The van der Waals surface area contributed by atoms with E-state index in [0.717, 1.165) is 18.6 Å². The quantitative estimate of drug-likeness (QED) is 0.815. The lowest BCUT2D eigenvalue weighted by molar-refractivity contribution is -0.0113. The van der Waals surface area contributed by atoms with Gasteiger partial charge in [0.1, 0.15) is 5.76 Å². The van der Waals surface area contributed by atoms with Crippen LogP contribution in [0.3, 0.4) is 0 Å². The lowest BCUT2D eigenvalue weighted by atomic mass is 10.2. The largest absolute Gasteiger partial charge is 0.395 e. The highest BCUT2D eigenvalue weighted by Crippen LogP contribution is 2.40. The van der Waals surface area contributed by atoms with Crippen molar-refractivity contribution in [1.29, 1.82) is 0 Å². The summed E-state index contributed by atoms with van der Waals surface area (Å²) in [5, 5.41) is 12.9. The van der Waals surface area contributed by atoms with E-state index in [4.69, 9.17) is 14.4 Å². The van der Waals surface area contributed by atoms with Crippen molar-refractivity contribution in [2.75, 3.05) is 46.5 Å². The van der Waals surface area contributed by atoms with Gasteiger partial charge in [-0.15, -0.1) is 0 Å². The van der Waals surface area contributed by atoms with Crippen molar-refractivity contribution >= 4 is 5.91 Å². The highest BCUT2D eigenvalue weighted by Gasteiger charge is 2.33. The highest BCUT2D eigenvalue weighted by molar-refractivity contribution is 5.92. The summed E-state index contributed by atoms with van der Waals surface area (Å²) in [4.78, 5) is 16.5. The first kappa shape index (κ1) is 15.5. The molecule has 1 aliphatic carbocycles. The first-order valence-corrected chi connectivity index (χ1v) is 7.83. The highest BCUT2D eigenvalue weighted by atomic mass is 16.5. The van der Waals surface area contributed by atoms with E-state index in [2.05, 4.69) is 5.16 Å². The van der Waals surface area contributed by atoms with Crippen molar-refractivity contribution in [3.05, 3.63) is 17.5 Å². The molecule has 122 valence electrons. The van der Waals surface area contributed by atoms with Gasteiger partial charge in [-0.1, -0.05) is 5.16 Å². The van der Waals surface area contributed by atoms with Gasteiger partial charge in [0.15, 0.2) is 5.69 Å². The van der Waals surface area contributed by atoms with E-state index in [9.17, 15) is 4.79 Å². The molecule has 0 bridgehead atoms. The molecular formula is C15H23N3O4. The van der Waals surface area contributed by atoms with Crippen LogP contribution in [0.2, 0.25) is 0 Å². The van der Waals surface area contributed by atoms with Crippen LogP contribution in [0, 0.1) is 0 Å². The van der Waals surface area contributed by atoms with Crippen LogP contribution in [0.5, 0.6) is 0 Å². The molecule has 1 N–H and O–H groups in total. The second-order valence-electron chi connectivity index (χ2n) is 6.10. The van der Waals surface area contributed by atoms with Crippen LogP contribution >= 0.6 is 0 Å². The number of amides is 1. The molecular weight excluding hydrogens is 286 g/mol. The summed E-state index contributed by atoms with van der Waals surface area (Å²) in [6.07, 6.45) is 2.24. The SMILES string of the molecule is CN(CCO)C[C@H]1COCCN1C(=O)c1cc(C2CC2)on1. The van der Waals surface area contributed by atoms with Gasteiger partial charge < -0.3 is 24.2 Å². The molecule has 1 aliphatic heterocycles. The molecule has 1 saturated heterocycles. The number of carbonyl (C=O) groups is 1. The Hall–Kier alpha value is -1.44. The first-order chi connectivity index (χ1) is 10.7. The van der Waals surface area contributed by atoms with Crippen molar-refractivity contribution in [2.24, 2.45) is 0 Å². The second kappa shape index (κ2) is 6.76. The van der Waals surface area contributed by atoms with E-state index in [1.807, 2.05) is 16.8 Å². The molecule has 2 aliphatic rings. The zero-order valence-corrected chi connectivity index (χ0v) is 12.9. The number of likely N-dealkylation sites (N-methyl/N-ethyl adjacent to an activating group) is 1. The Morgan fingerprint density at radius 3 is 3.09 bits per heavy atom. The van der Waals surface area contributed by atoms with Crippen LogP contribution in [-0.4, -0.2) is 78.5 Å². The lowest BCUT2D eigenvalue weighted by Gasteiger charge is -2.37. The monoisotopic (exact) mass is 309 g/mol. The summed E-state index contributed by atoms with van der Waals surface area (Å²) >= 11 is 0. The molecule has 1 aromatic rings. The van der Waals surface area contributed by atoms with E-state index >= 15 is 0 Å². The zero-order valence-electron chi connectivity index (χ0n) is 12.9. The fourth-order valence-electron chi connectivity index (χ4n) is 2.79. The number of morpholine rings is 1. The minimum Gasteiger partial charge on any atom is -0.395 e. The number of aliphatic hydroxyl groups is 1. The normalized spacial score (nSPS) is 22.3. The Morgan fingerprint density at radius 1 is 1.55 bits per heavy atom. The number of carbonyl (C=O) groups excluding carboxylic acids is 1. The Labute approximate surface area is 129 Å². The predicted molar refractivity (Wildman–Crippen MR) is 78.7 cm³/mol.